The van der Waals surface area contributed by atoms with E-state index < -0.39 is 0 Å². The van der Waals surface area contributed by atoms with E-state index >= 15 is 0 Å². The van der Waals surface area contributed by atoms with Crippen molar-refractivity contribution < 1.29 is 4.79 Å². The molecule has 6 nitrogen and oxygen atoms in total. The number of carbonyl (C=O) groups is 1. The van der Waals surface area contributed by atoms with Crippen LogP contribution >= 0.6 is 11.3 Å². The van der Waals surface area contributed by atoms with Crippen LogP contribution in [0.1, 0.15) is 49.1 Å². The molecule has 1 fully saturated rings. The fourth-order valence-electron chi connectivity index (χ4n) is 3.74. The van der Waals surface area contributed by atoms with Gasteiger partial charge in [0.1, 0.15) is 11.6 Å². The minimum atomic E-state index is 0.0606. The summed E-state index contributed by atoms with van der Waals surface area (Å²) in [6, 6.07) is 10.2. The number of nitrogens with zero attached hydrogens (tertiary/aromatic N) is 3. The molecule has 3 aromatic rings. The predicted molar refractivity (Wildman–Crippen MR) is 116 cm³/mol. The normalized spacial score (nSPS) is 19.0. The summed E-state index contributed by atoms with van der Waals surface area (Å²) in [4.78, 5) is 26.1. The Hall–Kier alpha value is -2.80. The Kier molecular flexibility index (Phi) is 5.85. The molecule has 0 radical (unpaired) electrons. The zero-order chi connectivity index (χ0) is 20.2. The number of anilines is 2. The lowest BCUT2D eigenvalue weighted by Crippen LogP contribution is -2.35. The Balaban J connectivity index is 1.44. The van der Waals surface area contributed by atoms with Gasteiger partial charge in [-0.1, -0.05) is 6.07 Å². The molecule has 0 saturated heterocycles. The Morgan fingerprint density at radius 3 is 2.69 bits per heavy atom. The lowest BCUT2D eigenvalue weighted by molar-refractivity contribution is -0.119. The number of thiazole rings is 1. The number of rotatable bonds is 5. The standard InChI is InChI=1S/C22H25N5OS/c1-14-10-11-23-21(12-14)27-20-5-3-4-18(26-20)19-13-24-22(29-19)16-6-8-17(9-7-16)25-15(2)28/h3-5,10-13,16-17H,6-9H2,1-2H3,(H,25,28)(H,23,26,27)/t16-,17-. The van der Waals surface area contributed by atoms with Crippen LogP contribution in [0.2, 0.25) is 0 Å². The van der Waals surface area contributed by atoms with Crippen molar-refractivity contribution in [2.75, 3.05) is 5.32 Å². The van der Waals surface area contributed by atoms with Crippen LogP contribution in [-0.2, 0) is 4.79 Å². The number of nitrogens with one attached hydrogen (secondary N) is 2. The minimum Gasteiger partial charge on any atom is -0.354 e. The van der Waals surface area contributed by atoms with Crippen LogP contribution < -0.4 is 10.6 Å². The van der Waals surface area contributed by atoms with E-state index in [4.69, 9.17) is 4.98 Å². The van der Waals surface area contributed by atoms with E-state index in [0.29, 0.717) is 12.0 Å². The molecule has 4 rings (SSSR count). The second-order valence-electron chi connectivity index (χ2n) is 7.56. The predicted octanol–water partition coefficient (Wildman–Crippen LogP) is 4.81. The summed E-state index contributed by atoms with van der Waals surface area (Å²) >= 11 is 1.72. The molecule has 0 aromatic carbocycles. The maximum absolute atomic E-state index is 11.2. The average molecular weight is 408 g/mol. The molecule has 3 heterocycles. The van der Waals surface area contributed by atoms with Crippen molar-refractivity contribution in [2.24, 2.45) is 0 Å². The van der Waals surface area contributed by atoms with Crippen molar-refractivity contribution in [1.29, 1.82) is 0 Å². The van der Waals surface area contributed by atoms with Crippen LogP contribution in [0, 0.1) is 6.92 Å². The Labute approximate surface area is 174 Å². The van der Waals surface area contributed by atoms with Crippen LogP contribution in [0.4, 0.5) is 11.6 Å². The Morgan fingerprint density at radius 1 is 1.10 bits per heavy atom. The lowest BCUT2D eigenvalue weighted by atomic mass is 9.86. The smallest absolute Gasteiger partial charge is 0.217 e. The highest BCUT2D eigenvalue weighted by Crippen LogP contribution is 2.37. The monoisotopic (exact) mass is 407 g/mol. The van der Waals surface area contributed by atoms with Gasteiger partial charge >= 0.3 is 0 Å². The zero-order valence-electron chi connectivity index (χ0n) is 16.7. The molecule has 0 aliphatic heterocycles. The summed E-state index contributed by atoms with van der Waals surface area (Å²) < 4.78 is 0. The van der Waals surface area contributed by atoms with Crippen molar-refractivity contribution in [3.8, 4) is 10.6 Å². The molecule has 150 valence electrons. The number of aromatic nitrogens is 3. The van der Waals surface area contributed by atoms with E-state index in [1.54, 1.807) is 24.5 Å². The molecule has 3 aromatic heterocycles. The van der Waals surface area contributed by atoms with Gasteiger partial charge < -0.3 is 10.6 Å². The molecule has 0 atom stereocenters. The molecule has 1 saturated carbocycles. The van der Waals surface area contributed by atoms with Crippen molar-refractivity contribution in [3.63, 3.8) is 0 Å². The summed E-state index contributed by atoms with van der Waals surface area (Å²) in [5.41, 5.74) is 2.07. The minimum absolute atomic E-state index is 0.0606. The quantitative estimate of drug-likeness (QED) is 0.634. The summed E-state index contributed by atoms with van der Waals surface area (Å²) in [5, 5.41) is 7.48. The topological polar surface area (TPSA) is 79.8 Å². The van der Waals surface area contributed by atoms with Crippen LogP contribution in [0.15, 0.2) is 42.7 Å². The number of hydrogen-bond acceptors (Lipinski definition) is 6. The number of pyridine rings is 2. The summed E-state index contributed by atoms with van der Waals surface area (Å²) in [5.74, 6) is 2.09. The first kappa shape index (κ1) is 19.5. The van der Waals surface area contributed by atoms with Gasteiger partial charge in [0, 0.05) is 31.3 Å². The molecular formula is C22H25N5OS. The van der Waals surface area contributed by atoms with Crippen molar-refractivity contribution in [2.45, 2.75) is 51.5 Å². The summed E-state index contributed by atoms with van der Waals surface area (Å²) in [6.45, 7) is 3.63. The van der Waals surface area contributed by atoms with Gasteiger partial charge in [-0.15, -0.1) is 11.3 Å². The lowest BCUT2D eigenvalue weighted by Gasteiger charge is -2.27. The van der Waals surface area contributed by atoms with E-state index in [-0.39, 0.29) is 5.91 Å². The SMILES string of the molecule is CC(=O)N[C@H]1CC[C@H](c2ncc(-c3cccc(Nc4cc(C)ccn4)n3)s2)CC1. The maximum Gasteiger partial charge on any atom is 0.217 e. The van der Waals surface area contributed by atoms with Gasteiger partial charge in [-0.3, -0.25) is 4.79 Å². The second-order valence-corrected chi connectivity index (χ2v) is 8.63. The Morgan fingerprint density at radius 2 is 1.93 bits per heavy atom. The van der Waals surface area contributed by atoms with Crippen molar-refractivity contribution in [3.05, 3.63) is 53.3 Å². The third-order valence-electron chi connectivity index (χ3n) is 5.18. The van der Waals surface area contributed by atoms with E-state index in [1.807, 2.05) is 43.5 Å². The molecular weight excluding hydrogens is 382 g/mol. The Bertz CT molecular complexity index is 994. The van der Waals surface area contributed by atoms with Crippen molar-refractivity contribution in [1.82, 2.24) is 20.3 Å². The highest BCUT2D eigenvalue weighted by Gasteiger charge is 2.25. The van der Waals surface area contributed by atoms with Crippen molar-refractivity contribution >= 4 is 28.9 Å². The number of amides is 1. The van der Waals surface area contributed by atoms with E-state index in [1.165, 1.54) is 5.01 Å². The van der Waals surface area contributed by atoms with E-state index in [2.05, 4.69) is 20.6 Å². The molecule has 1 amide bonds. The van der Waals surface area contributed by atoms with Gasteiger partial charge in [0.15, 0.2) is 0 Å². The molecule has 29 heavy (non-hydrogen) atoms. The van der Waals surface area contributed by atoms with E-state index in [0.717, 1.165) is 53.5 Å². The van der Waals surface area contributed by atoms with Gasteiger partial charge in [0.2, 0.25) is 5.91 Å². The molecule has 0 bridgehead atoms. The largest absolute Gasteiger partial charge is 0.354 e. The molecule has 0 unspecified atom stereocenters. The third kappa shape index (κ3) is 4.98. The second kappa shape index (κ2) is 8.69. The third-order valence-corrected chi connectivity index (χ3v) is 6.36. The van der Waals surface area contributed by atoms with Gasteiger partial charge in [-0.2, -0.15) is 0 Å². The first-order chi connectivity index (χ1) is 14.1. The fraction of sp³-hybridized carbons (Fsp3) is 0.364. The molecule has 0 spiro atoms. The number of hydrogen-bond donors (Lipinski definition) is 2. The van der Waals surface area contributed by atoms with Crippen LogP contribution in [0.3, 0.4) is 0 Å². The molecule has 2 N–H and O–H groups in total. The number of aryl methyl sites for hydroxylation is 1. The fourth-order valence-corrected chi connectivity index (χ4v) is 4.80. The summed E-state index contributed by atoms with van der Waals surface area (Å²) in [6.07, 6.45) is 7.87. The first-order valence-corrected chi connectivity index (χ1v) is 10.8. The van der Waals surface area contributed by atoms with Gasteiger partial charge in [0.25, 0.3) is 0 Å². The highest BCUT2D eigenvalue weighted by atomic mass is 32.1. The van der Waals surface area contributed by atoms with Crippen LogP contribution in [0.5, 0.6) is 0 Å². The van der Waals surface area contributed by atoms with Crippen LogP contribution in [0.25, 0.3) is 10.6 Å². The molecule has 7 heteroatoms. The molecule has 1 aliphatic rings. The number of carbonyl (C=O) groups excluding carboxylic acids is 1. The zero-order valence-corrected chi connectivity index (χ0v) is 17.5. The summed E-state index contributed by atoms with van der Waals surface area (Å²) in [7, 11) is 0. The van der Waals surface area contributed by atoms with E-state index in [9.17, 15) is 4.79 Å². The molecule has 1 aliphatic carbocycles. The van der Waals surface area contributed by atoms with Crippen LogP contribution in [-0.4, -0.2) is 26.9 Å². The van der Waals surface area contributed by atoms with Gasteiger partial charge in [-0.05, 0) is 62.4 Å². The maximum atomic E-state index is 11.2. The first-order valence-electron chi connectivity index (χ1n) is 9.97. The highest BCUT2D eigenvalue weighted by molar-refractivity contribution is 7.15. The van der Waals surface area contributed by atoms with Gasteiger partial charge in [-0.25, -0.2) is 15.0 Å². The average Bonchev–Trinajstić information content (AvgIpc) is 3.19. The van der Waals surface area contributed by atoms with Gasteiger partial charge in [0.05, 0.1) is 15.6 Å².